The van der Waals surface area contributed by atoms with E-state index in [1.165, 1.54) is 0 Å². The van der Waals surface area contributed by atoms with E-state index in [9.17, 15) is 0 Å². The first-order valence-electron chi connectivity index (χ1n) is 3.47. The fourth-order valence-corrected chi connectivity index (χ4v) is 0.751. The van der Waals surface area contributed by atoms with Gasteiger partial charge in [-0.1, -0.05) is 0 Å². The molecule has 1 saturated carbocycles. The van der Waals surface area contributed by atoms with Gasteiger partial charge < -0.3 is 10.8 Å². The second kappa shape index (κ2) is 1.80. The molecule has 2 atom stereocenters. The monoisotopic (exact) mass is 103 g/mol. The number of rotatable bonds is 0. The van der Waals surface area contributed by atoms with Crippen molar-refractivity contribution in [1.82, 2.24) is 0 Å². The van der Waals surface area contributed by atoms with Crippen LogP contribution < -0.4 is 5.73 Å². The van der Waals surface area contributed by atoms with Gasteiger partial charge in [0.05, 0.1) is 7.45 Å². The largest absolute Gasteiger partial charge is 0.392 e. The van der Waals surface area contributed by atoms with Crippen LogP contribution in [0, 0.1) is 0 Å². The lowest BCUT2D eigenvalue weighted by Crippen LogP contribution is -2.28. The van der Waals surface area contributed by atoms with Crippen molar-refractivity contribution in [3.63, 3.8) is 0 Å². The fraction of sp³-hybridized carbons (Fsp3) is 1.00. The summed E-state index contributed by atoms with van der Waals surface area (Å²) >= 11 is 0. The average molecular weight is 103 g/mol. The van der Waals surface area contributed by atoms with Crippen LogP contribution in [0.4, 0.5) is 0 Å². The fourth-order valence-electron chi connectivity index (χ4n) is 0.751. The summed E-state index contributed by atoms with van der Waals surface area (Å²) in [5, 5.41) is 9.08. The molecule has 1 aliphatic carbocycles. The van der Waals surface area contributed by atoms with Gasteiger partial charge in [-0.25, -0.2) is 0 Å². The first-order chi connectivity index (χ1) is 3.96. The summed E-state index contributed by atoms with van der Waals surface area (Å²) in [6.07, 6.45) is -0.285. The Kier molecular flexibility index (Phi) is 0.784. The second-order valence-corrected chi connectivity index (χ2v) is 1.83. The normalized spacial score (nSPS) is 67.1. The van der Waals surface area contributed by atoms with Crippen LogP contribution in [0.5, 0.6) is 0 Å². The van der Waals surface area contributed by atoms with E-state index in [0.717, 1.165) is 0 Å². The summed E-state index contributed by atoms with van der Waals surface area (Å²) in [6.45, 7) is 0. The van der Waals surface area contributed by atoms with Gasteiger partial charge in [-0.15, -0.1) is 0 Å². The van der Waals surface area contributed by atoms with Gasteiger partial charge in [-0.3, -0.25) is 0 Å². The zero-order valence-corrected chi connectivity index (χ0v) is 4.15. The summed E-state index contributed by atoms with van der Waals surface area (Å²) in [4.78, 5) is 0. The Balaban J connectivity index is 2.75. The van der Waals surface area contributed by atoms with Gasteiger partial charge >= 0.3 is 0 Å². The highest BCUT2D eigenvalue weighted by Crippen LogP contribution is 2.15. The van der Waals surface area contributed by atoms with Gasteiger partial charge in [0, 0.05) is 7.39 Å². The molecule has 2 heteroatoms. The lowest BCUT2D eigenvalue weighted by Gasteiger charge is -2.04. The van der Waals surface area contributed by atoms with Crippen molar-refractivity contribution in [2.75, 3.05) is 0 Å². The third-order valence-corrected chi connectivity index (χ3v) is 1.23. The second-order valence-electron chi connectivity index (χ2n) is 1.83. The summed E-state index contributed by atoms with van der Waals surface area (Å²) < 4.78 is 14.4. The lowest BCUT2D eigenvalue weighted by atomic mass is 10.2. The molecule has 0 aromatic heterocycles. The van der Waals surface area contributed by atoms with Crippen molar-refractivity contribution in [3.05, 3.63) is 0 Å². The van der Waals surface area contributed by atoms with E-state index in [1.807, 2.05) is 0 Å². The molecule has 7 heavy (non-hydrogen) atoms. The van der Waals surface area contributed by atoms with Gasteiger partial charge in [0.15, 0.2) is 0 Å². The molecule has 42 valence electrons. The van der Waals surface area contributed by atoms with Crippen molar-refractivity contribution in [2.45, 2.75) is 31.4 Å². The maximum atomic E-state index is 9.08. The predicted molar refractivity (Wildman–Crippen MR) is 27.8 cm³/mol. The highest BCUT2D eigenvalue weighted by atomic mass is 16.3. The Morgan fingerprint density at radius 1 is 1.71 bits per heavy atom. The minimum Gasteiger partial charge on any atom is -0.392 e. The molecule has 0 spiro atoms. The number of hydrogen-bond donors (Lipinski definition) is 2. The molecule has 2 nitrogen and oxygen atoms in total. The lowest BCUT2D eigenvalue weighted by molar-refractivity contribution is 0.165. The van der Waals surface area contributed by atoms with Crippen LogP contribution in [-0.4, -0.2) is 17.2 Å². The third-order valence-electron chi connectivity index (χ3n) is 1.23. The zero-order valence-electron chi connectivity index (χ0n) is 6.15. The molecule has 0 aliphatic heterocycles. The molecular weight excluding hydrogens is 90.1 g/mol. The molecule has 0 aromatic rings. The first kappa shape index (κ1) is 3.05. The maximum Gasteiger partial charge on any atom is 0.0691 e. The van der Waals surface area contributed by atoms with Crippen LogP contribution in [0.1, 0.15) is 22.0 Å². The molecular formula is C5H11NO. The molecule has 1 rings (SSSR count). The standard InChI is InChI=1S/C5H11NO/c6-4-2-1-3-5(4)7/h4-5,7H,1-3,6H2/t4-,5-/m1/s1/i4D,5D. The van der Waals surface area contributed by atoms with Gasteiger partial charge in [-0.05, 0) is 19.3 Å². The molecule has 0 saturated heterocycles. The molecule has 1 fully saturated rings. The molecule has 0 radical (unpaired) electrons. The first-order valence-corrected chi connectivity index (χ1v) is 2.47. The summed E-state index contributed by atoms with van der Waals surface area (Å²) in [5.74, 6) is 0. The van der Waals surface area contributed by atoms with Gasteiger partial charge in [-0.2, -0.15) is 0 Å². The minimum atomic E-state index is -1.72. The number of hydrogen-bond acceptors (Lipinski definition) is 2. The number of nitrogens with two attached hydrogens (primary N) is 1. The quantitative estimate of drug-likeness (QED) is 0.448. The van der Waals surface area contributed by atoms with Gasteiger partial charge in [0.1, 0.15) is 0 Å². The Bertz CT molecular complexity index is 110. The predicted octanol–water partition coefficient (Wildman–Crippen LogP) is -0.142. The van der Waals surface area contributed by atoms with Crippen molar-refractivity contribution in [2.24, 2.45) is 5.73 Å². The topological polar surface area (TPSA) is 46.2 Å². The Hall–Kier alpha value is -0.0800. The maximum absolute atomic E-state index is 9.08. The summed E-state index contributed by atoms with van der Waals surface area (Å²) in [5.41, 5.74) is 5.28. The summed E-state index contributed by atoms with van der Waals surface area (Å²) in [6, 6.07) is -1.44. The molecule has 0 unspecified atom stereocenters. The van der Waals surface area contributed by atoms with Gasteiger partial charge in [0.25, 0.3) is 0 Å². The number of aliphatic hydroxyl groups is 1. The Morgan fingerprint density at radius 3 is 2.57 bits per heavy atom. The molecule has 0 aromatic carbocycles. The van der Waals surface area contributed by atoms with E-state index >= 15 is 0 Å². The molecule has 0 heterocycles. The van der Waals surface area contributed by atoms with Crippen LogP contribution in [0.25, 0.3) is 0 Å². The zero-order chi connectivity index (χ0) is 7.12. The van der Waals surface area contributed by atoms with Crippen LogP contribution in [-0.2, 0) is 0 Å². The van der Waals surface area contributed by atoms with E-state index < -0.39 is 12.1 Å². The van der Waals surface area contributed by atoms with E-state index in [0.29, 0.717) is 19.3 Å². The summed E-state index contributed by atoms with van der Waals surface area (Å²) in [7, 11) is 0. The van der Waals surface area contributed by atoms with Crippen LogP contribution in [0.3, 0.4) is 0 Å². The smallest absolute Gasteiger partial charge is 0.0691 e. The highest BCUT2D eigenvalue weighted by molar-refractivity contribution is 4.78. The van der Waals surface area contributed by atoms with Crippen LogP contribution >= 0.6 is 0 Å². The van der Waals surface area contributed by atoms with Crippen LogP contribution in [0.2, 0.25) is 0 Å². The minimum absolute atomic E-state index is 0.326. The van der Waals surface area contributed by atoms with Crippen molar-refractivity contribution in [1.29, 1.82) is 0 Å². The third kappa shape index (κ3) is 0.924. The Labute approximate surface area is 46.1 Å². The average Bonchev–Trinajstić information content (AvgIpc) is 1.81. The van der Waals surface area contributed by atoms with E-state index in [1.54, 1.807) is 0 Å². The highest BCUT2D eigenvalue weighted by Gasteiger charge is 2.20. The SMILES string of the molecule is [2H][C@@]1(N)CCC[C@@]1([2H])O. The van der Waals surface area contributed by atoms with Crippen LogP contribution in [0.15, 0.2) is 0 Å². The molecule has 1 aliphatic rings. The van der Waals surface area contributed by atoms with Crippen molar-refractivity contribution < 1.29 is 7.85 Å². The molecule has 0 bridgehead atoms. The van der Waals surface area contributed by atoms with Crippen molar-refractivity contribution >= 4 is 0 Å². The van der Waals surface area contributed by atoms with E-state index in [4.69, 9.17) is 13.6 Å². The van der Waals surface area contributed by atoms with Gasteiger partial charge in [0.2, 0.25) is 0 Å². The molecule has 0 amide bonds. The Morgan fingerprint density at radius 2 is 2.43 bits per heavy atom. The van der Waals surface area contributed by atoms with E-state index in [2.05, 4.69) is 0 Å². The molecule has 3 N–H and O–H groups in total. The van der Waals surface area contributed by atoms with Crippen molar-refractivity contribution in [3.8, 4) is 0 Å². The van der Waals surface area contributed by atoms with E-state index in [-0.39, 0.29) is 0 Å².